The molecule has 1 saturated heterocycles. The Kier molecular flexibility index (Phi) is 4.10. The number of rotatable bonds is 3. The number of anilines is 1. The fourth-order valence-electron chi connectivity index (χ4n) is 2.70. The first-order valence-electron chi connectivity index (χ1n) is 6.85. The van der Waals surface area contributed by atoms with Crippen molar-refractivity contribution in [1.29, 1.82) is 0 Å². The maximum absolute atomic E-state index is 6.13. The van der Waals surface area contributed by atoms with Crippen molar-refractivity contribution in [2.75, 3.05) is 4.90 Å². The van der Waals surface area contributed by atoms with Gasteiger partial charge in [0.05, 0.1) is 0 Å². The lowest BCUT2D eigenvalue weighted by atomic mass is 10.1. The second-order valence-electron chi connectivity index (χ2n) is 5.46. The number of aromatic nitrogens is 2. The first-order chi connectivity index (χ1) is 8.52. The number of hydrogen-bond acceptors (Lipinski definition) is 3. The third-order valence-electron chi connectivity index (χ3n) is 3.74. The summed E-state index contributed by atoms with van der Waals surface area (Å²) in [7, 11) is 0. The molecule has 1 fully saturated rings. The van der Waals surface area contributed by atoms with Gasteiger partial charge >= 0.3 is 0 Å². The largest absolute Gasteiger partial charge is 0.351 e. The highest BCUT2D eigenvalue weighted by atomic mass is 35.5. The lowest BCUT2D eigenvalue weighted by molar-refractivity contribution is 0.616. The summed E-state index contributed by atoms with van der Waals surface area (Å²) in [6.45, 7) is 8.70. The van der Waals surface area contributed by atoms with E-state index in [0.29, 0.717) is 23.2 Å². The van der Waals surface area contributed by atoms with Crippen molar-refractivity contribution >= 4 is 17.4 Å². The average molecular weight is 268 g/mol. The number of nitrogens with zero attached hydrogens (tertiary/aromatic N) is 3. The van der Waals surface area contributed by atoms with Gasteiger partial charge in [-0.05, 0) is 26.2 Å². The van der Waals surface area contributed by atoms with Gasteiger partial charge in [-0.2, -0.15) is 0 Å². The summed E-state index contributed by atoms with van der Waals surface area (Å²) in [5, 5.41) is 0.553. The molecule has 2 rings (SSSR count). The first-order valence-corrected chi connectivity index (χ1v) is 7.23. The van der Waals surface area contributed by atoms with Crippen molar-refractivity contribution < 1.29 is 0 Å². The van der Waals surface area contributed by atoms with Crippen LogP contribution in [0.5, 0.6) is 0 Å². The monoisotopic (exact) mass is 267 g/mol. The molecule has 2 heterocycles. The van der Waals surface area contributed by atoms with Crippen molar-refractivity contribution in [3.63, 3.8) is 0 Å². The Hall–Kier alpha value is -0.830. The molecule has 4 heteroatoms. The normalized spacial score (nSPS) is 24.0. The third kappa shape index (κ3) is 2.61. The van der Waals surface area contributed by atoms with Crippen LogP contribution in [-0.4, -0.2) is 22.1 Å². The van der Waals surface area contributed by atoms with E-state index >= 15 is 0 Å². The first kappa shape index (κ1) is 13.6. The van der Waals surface area contributed by atoms with Gasteiger partial charge in [0.15, 0.2) is 0 Å². The molecular formula is C14H22ClN3. The molecule has 0 saturated carbocycles. The van der Waals surface area contributed by atoms with Crippen LogP contribution in [0.4, 0.5) is 5.82 Å². The van der Waals surface area contributed by atoms with Gasteiger partial charge in [-0.15, -0.1) is 0 Å². The zero-order chi connectivity index (χ0) is 13.3. The fourth-order valence-corrected chi connectivity index (χ4v) is 2.88. The van der Waals surface area contributed by atoms with E-state index in [1.54, 1.807) is 0 Å². The van der Waals surface area contributed by atoms with E-state index in [2.05, 4.69) is 37.6 Å². The molecule has 0 N–H and O–H groups in total. The van der Waals surface area contributed by atoms with Gasteiger partial charge in [0, 0.05) is 24.1 Å². The zero-order valence-corrected chi connectivity index (χ0v) is 12.4. The van der Waals surface area contributed by atoms with Crippen LogP contribution in [-0.2, 0) is 0 Å². The minimum atomic E-state index is 0.306. The van der Waals surface area contributed by atoms with Gasteiger partial charge in [-0.25, -0.2) is 9.97 Å². The Balaban J connectivity index is 2.37. The molecule has 100 valence electrons. The van der Waals surface area contributed by atoms with E-state index in [0.717, 1.165) is 18.1 Å². The second-order valence-corrected chi connectivity index (χ2v) is 5.84. The molecule has 0 bridgehead atoms. The summed E-state index contributed by atoms with van der Waals surface area (Å²) in [5.74, 6) is 2.14. The molecule has 0 amide bonds. The molecule has 1 aromatic rings. The van der Waals surface area contributed by atoms with E-state index in [1.807, 2.05) is 6.07 Å². The Morgan fingerprint density at radius 1 is 1.39 bits per heavy atom. The zero-order valence-electron chi connectivity index (χ0n) is 11.7. The highest BCUT2D eigenvalue weighted by Crippen LogP contribution is 2.32. The molecule has 0 aromatic carbocycles. The van der Waals surface area contributed by atoms with Crippen LogP contribution in [0.3, 0.4) is 0 Å². The molecule has 0 radical (unpaired) electrons. The van der Waals surface area contributed by atoms with Crippen LogP contribution >= 0.6 is 11.6 Å². The van der Waals surface area contributed by atoms with Crippen LogP contribution in [0.15, 0.2) is 6.07 Å². The van der Waals surface area contributed by atoms with E-state index in [1.165, 1.54) is 12.8 Å². The van der Waals surface area contributed by atoms with Crippen LogP contribution in [0.1, 0.15) is 58.7 Å². The maximum atomic E-state index is 6.13. The summed E-state index contributed by atoms with van der Waals surface area (Å²) in [4.78, 5) is 11.4. The molecule has 3 nitrogen and oxygen atoms in total. The minimum Gasteiger partial charge on any atom is -0.351 e. The molecule has 1 aliphatic rings. The van der Waals surface area contributed by atoms with Crippen LogP contribution in [0.2, 0.25) is 5.15 Å². The summed E-state index contributed by atoms with van der Waals surface area (Å²) >= 11 is 6.13. The third-order valence-corrected chi connectivity index (χ3v) is 3.93. The lowest BCUT2D eigenvalue weighted by Gasteiger charge is -2.29. The Labute approximate surface area is 115 Å². The van der Waals surface area contributed by atoms with Crippen molar-refractivity contribution in [3.05, 3.63) is 17.0 Å². The molecule has 1 aromatic heterocycles. The van der Waals surface area contributed by atoms with Crippen molar-refractivity contribution in [2.24, 2.45) is 0 Å². The van der Waals surface area contributed by atoms with Crippen molar-refractivity contribution in [2.45, 2.75) is 65.0 Å². The summed E-state index contributed by atoms with van der Waals surface area (Å²) < 4.78 is 0. The summed E-state index contributed by atoms with van der Waals surface area (Å²) in [5.41, 5.74) is 0. The Bertz CT molecular complexity index is 420. The van der Waals surface area contributed by atoms with E-state index < -0.39 is 0 Å². The van der Waals surface area contributed by atoms with E-state index in [4.69, 9.17) is 16.6 Å². The molecule has 2 unspecified atom stereocenters. The highest BCUT2D eigenvalue weighted by molar-refractivity contribution is 6.29. The Morgan fingerprint density at radius 3 is 2.72 bits per heavy atom. The molecular weight excluding hydrogens is 246 g/mol. The van der Waals surface area contributed by atoms with Crippen molar-refractivity contribution in [3.8, 4) is 0 Å². The quantitative estimate of drug-likeness (QED) is 0.775. The molecule has 2 atom stereocenters. The van der Waals surface area contributed by atoms with Crippen LogP contribution in [0, 0.1) is 0 Å². The lowest BCUT2D eigenvalue weighted by Crippen LogP contribution is -2.35. The van der Waals surface area contributed by atoms with Gasteiger partial charge in [-0.3, -0.25) is 0 Å². The topological polar surface area (TPSA) is 29.0 Å². The van der Waals surface area contributed by atoms with Gasteiger partial charge in [0.2, 0.25) is 0 Å². The fraction of sp³-hybridized carbons (Fsp3) is 0.714. The standard InChI is InChI=1S/C14H22ClN3/c1-5-11-7-6-10(4)18(11)13-8-12(15)16-14(17-13)9(2)3/h8-11H,5-7H2,1-4H3. The van der Waals surface area contributed by atoms with Gasteiger partial charge in [0.25, 0.3) is 0 Å². The predicted molar refractivity (Wildman–Crippen MR) is 76.4 cm³/mol. The second kappa shape index (κ2) is 5.43. The molecule has 0 aliphatic carbocycles. The highest BCUT2D eigenvalue weighted by Gasteiger charge is 2.30. The van der Waals surface area contributed by atoms with E-state index in [-0.39, 0.29) is 0 Å². The van der Waals surface area contributed by atoms with Crippen LogP contribution < -0.4 is 4.90 Å². The molecule has 1 aliphatic heterocycles. The summed E-state index contributed by atoms with van der Waals surface area (Å²) in [6.07, 6.45) is 3.64. The van der Waals surface area contributed by atoms with E-state index in [9.17, 15) is 0 Å². The minimum absolute atomic E-state index is 0.306. The predicted octanol–water partition coefficient (Wildman–Crippen LogP) is 4.02. The van der Waals surface area contributed by atoms with Gasteiger partial charge in [-0.1, -0.05) is 32.4 Å². The summed E-state index contributed by atoms with van der Waals surface area (Å²) in [6, 6.07) is 3.03. The smallest absolute Gasteiger partial charge is 0.135 e. The molecule has 0 spiro atoms. The van der Waals surface area contributed by atoms with Crippen LogP contribution in [0.25, 0.3) is 0 Å². The SMILES string of the molecule is CCC1CCC(C)N1c1cc(Cl)nc(C(C)C)n1. The average Bonchev–Trinajstić information content (AvgIpc) is 2.69. The number of halogens is 1. The Morgan fingerprint density at radius 2 is 2.11 bits per heavy atom. The van der Waals surface area contributed by atoms with Crippen molar-refractivity contribution in [1.82, 2.24) is 9.97 Å². The molecule has 18 heavy (non-hydrogen) atoms. The maximum Gasteiger partial charge on any atom is 0.135 e. The van der Waals surface area contributed by atoms with Gasteiger partial charge in [0.1, 0.15) is 16.8 Å². The number of hydrogen-bond donors (Lipinski definition) is 0. The van der Waals surface area contributed by atoms with Gasteiger partial charge < -0.3 is 4.90 Å².